The van der Waals surface area contributed by atoms with E-state index >= 15 is 0 Å². The number of benzene rings is 1. The Morgan fingerprint density at radius 1 is 1.36 bits per heavy atom. The highest BCUT2D eigenvalue weighted by Crippen LogP contribution is 2.39. The second-order valence-electron chi connectivity index (χ2n) is 3.20. The molecule has 76 valence electrons. The van der Waals surface area contributed by atoms with Crippen LogP contribution in [0.5, 0.6) is 11.5 Å². The summed E-state index contributed by atoms with van der Waals surface area (Å²) in [6.07, 6.45) is -0.498. The van der Waals surface area contributed by atoms with E-state index in [4.69, 9.17) is 9.47 Å². The molecule has 0 spiro atoms. The molecule has 1 heterocycles. The van der Waals surface area contributed by atoms with Crippen molar-refractivity contribution in [3.8, 4) is 11.5 Å². The summed E-state index contributed by atoms with van der Waals surface area (Å²) in [6, 6.07) is 3.65. The molecule has 1 atom stereocenters. The Morgan fingerprint density at radius 2 is 2.07 bits per heavy atom. The lowest BCUT2D eigenvalue weighted by atomic mass is 10.1. The quantitative estimate of drug-likeness (QED) is 0.840. The number of halogens is 1. The summed E-state index contributed by atoms with van der Waals surface area (Å²) >= 11 is 3.39. The molecule has 0 saturated carbocycles. The van der Waals surface area contributed by atoms with Gasteiger partial charge >= 0.3 is 0 Å². The number of hydrogen-bond acceptors (Lipinski definition) is 3. The van der Waals surface area contributed by atoms with Crippen LogP contribution in [0.2, 0.25) is 0 Å². The van der Waals surface area contributed by atoms with Crippen molar-refractivity contribution in [1.82, 2.24) is 0 Å². The molecule has 0 fully saturated rings. The van der Waals surface area contributed by atoms with Crippen LogP contribution in [0.4, 0.5) is 0 Å². The molecule has 0 aliphatic carbocycles. The zero-order chi connectivity index (χ0) is 10.1. The highest BCUT2D eigenvalue weighted by molar-refractivity contribution is 9.10. The molecule has 1 aliphatic rings. The second kappa shape index (κ2) is 3.79. The smallest absolute Gasteiger partial charge is 0.175 e. The Kier molecular flexibility index (Phi) is 2.65. The largest absolute Gasteiger partial charge is 0.486 e. The highest BCUT2D eigenvalue weighted by atomic mass is 79.9. The Morgan fingerprint density at radius 3 is 2.79 bits per heavy atom. The molecule has 1 N–H and O–H groups in total. The van der Waals surface area contributed by atoms with Crippen molar-refractivity contribution >= 4 is 15.9 Å². The summed E-state index contributed by atoms with van der Waals surface area (Å²) in [5.74, 6) is 1.42. The van der Waals surface area contributed by atoms with Crippen LogP contribution in [0, 0.1) is 0 Å². The Balaban J connectivity index is 2.46. The first kappa shape index (κ1) is 9.80. The maximum absolute atomic E-state index is 9.43. The van der Waals surface area contributed by atoms with Gasteiger partial charge in [0.05, 0.1) is 10.6 Å². The predicted octanol–water partition coefficient (Wildman–Crippen LogP) is 2.27. The number of ether oxygens (including phenoxy) is 2. The van der Waals surface area contributed by atoms with E-state index in [-0.39, 0.29) is 0 Å². The molecule has 0 aromatic heterocycles. The van der Waals surface area contributed by atoms with E-state index in [1.807, 2.05) is 12.1 Å². The summed E-state index contributed by atoms with van der Waals surface area (Å²) < 4.78 is 11.7. The number of rotatable bonds is 1. The van der Waals surface area contributed by atoms with E-state index in [1.165, 1.54) is 0 Å². The fourth-order valence-electron chi connectivity index (χ4n) is 1.37. The van der Waals surface area contributed by atoms with Crippen LogP contribution in [0.25, 0.3) is 0 Å². The third-order valence-electron chi connectivity index (χ3n) is 2.10. The maximum Gasteiger partial charge on any atom is 0.175 e. The van der Waals surface area contributed by atoms with Crippen LogP contribution in [-0.4, -0.2) is 18.3 Å². The van der Waals surface area contributed by atoms with Gasteiger partial charge in [-0.2, -0.15) is 0 Å². The Labute approximate surface area is 90.8 Å². The first-order valence-corrected chi connectivity index (χ1v) is 5.25. The number of aliphatic hydroxyl groups is 1. The molecule has 0 bridgehead atoms. The van der Waals surface area contributed by atoms with Gasteiger partial charge in [-0.25, -0.2) is 0 Å². The number of hydrogen-bond donors (Lipinski definition) is 1. The van der Waals surface area contributed by atoms with Gasteiger partial charge in [0.1, 0.15) is 13.2 Å². The lowest BCUT2D eigenvalue weighted by Crippen LogP contribution is -2.16. The van der Waals surface area contributed by atoms with Gasteiger partial charge in [0, 0.05) is 0 Å². The zero-order valence-corrected chi connectivity index (χ0v) is 9.37. The predicted molar refractivity (Wildman–Crippen MR) is 55.8 cm³/mol. The van der Waals surface area contributed by atoms with Crippen molar-refractivity contribution in [2.24, 2.45) is 0 Å². The summed E-state index contributed by atoms with van der Waals surface area (Å²) in [5, 5.41) is 9.43. The van der Waals surface area contributed by atoms with Crippen LogP contribution in [0.1, 0.15) is 18.6 Å². The topological polar surface area (TPSA) is 38.7 Å². The third-order valence-corrected chi connectivity index (χ3v) is 2.69. The molecule has 3 nitrogen and oxygen atoms in total. The number of aliphatic hydroxyl groups excluding tert-OH is 1. The van der Waals surface area contributed by atoms with Gasteiger partial charge in [0.15, 0.2) is 11.5 Å². The van der Waals surface area contributed by atoms with Crippen molar-refractivity contribution in [3.05, 3.63) is 22.2 Å². The summed E-state index contributed by atoms with van der Waals surface area (Å²) in [6.45, 7) is 2.85. The number of fused-ring (bicyclic) bond motifs is 1. The van der Waals surface area contributed by atoms with E-state index < -0.39 is 6.10 Å². The standard InChI is InChI=1S/C10H11BrO3/c1-6(12)7-4-8(11)10-9(5-7)13-2-3-14-10/h4-6,12H,2-3H2,1H3/t6-/m0/s1. The molecule has 0 amide bonds. The lowest BCUT2D eigenvalue weighted by Gasteiger charge is -2.21. The van der Waals surface area contributed by atoms with Gasteiger partial charge in [-0.3, -0.25) is 0 Å². The molecular formula is C10H11BrO3. The molecule has 1 aromatic rings. The van der Waals surface area contributed by atoms with Gasteiger partial charge in [-0.05, 0) is 40.5 Å². The van der Waals surface area contributed by atoms with Crippen molar-refractivity contribution in [2.45, 2.75) is 13.0 Å². The molecule has 0 unspecified atom stereocenters. The van der Waals surface area contributed by atoms with Crippen molar-refractivity contribution in [2.75, 3.05) is 13.2 Å². The van der Waals surface area contributed by atoms with Crippen LogP contribution >= 0.6 is 15.9 Å². The molecular weight excluding hydrogens is 248 g/mol. The van der Waals surface area contributed by atoms with Gasteiger partial charge in [0.2, 0.25) is 0 Å². The minimum absolute atomic E-state index is 0.498. The lowest BCUT2D eigenvalue weighted by molar-refractivity contribution is 0.167. The maximum atomic E-state index is 9.43. The highest BCUT2D eigenvalue weighted by Gasteiger charge is 2.17. The van der Waals surface area contributed by atoms with E-state index in [9.17, 15) is 5.11 Å². The first-order chi connectivity index (χ1) is 6.68. The monoisotopic (exact) mass is 258 g/mol. The van der Waals surface area contributed by atoms with Crippen molar-refractivity contribution < 1.29 is 14.6 Å². The van der Waals surface area contributed by atoms with E-state index in [2.05, 4.69) is 15.9 Å². The Bertz CT molecular complexity index is 349. The summed E-state index contributed by atoms with van der Waals surface area (Å²) in [5.41, 5.74) is 0.820. The van der Waals surface area contributed by atoms with Crippen LogP contribution < -0.4 is 9.47 Å². The molecule has 1 aromatic carbocycles. The molecule has 0 saturated heterocycles. The Hall–Kier alpha value is -0.740. The van der Waals surface area contributed by atoms with Crippen molar-refractivity contribution in [1.29, 1.82) is 0 Å². The first-order valence-electron chi connectivity index (χ1n) is 4.45. The second-order valence-corrected chi connectivity index (χ2v) is 4.06. The van der Waals surface area contributed by atoms with Crippen LogP contribution in [0.3, 0.4) is 0 Å². The zero-order valence-electron chi connectivity index (χ0n) is 7.79. The van der Waals surface area contributed by atoms with Gasteiger partial charge < -0.3 is 14.6 Å². The average molecular weight is 259 g/mol. The van der Waals surface area contributed by atoms with Crippen molar-refractivity contribution in [3.63, 3.8) is 0 Å². The van der Waals surface area contributed by atoms with Crippen LogP contribution in [0.15, 0.2) is 16.6 Å². The minimum Gasteiger partial charge on any atom is -0.486 e. The molecule has 4 heteroatoms. The van der Waals surface area contributed by atoms with Crippen LogP contribution in [-0.2, 0) is 0 Å². The molecule has 14 heavy (non-hydrogen) atoms. The molecule has 2 rings (SSSR count). The van der Waals surface area contributed by atoms with E-state index in [0.29, 0.717) is 19.0 Å². The van der Waals surface area contributed by atoms with E-state index in [0.717, 1.165) is 15.8 Å². The fraction of sp³-hybridized carbons (Fsp3) is 0.400. The SMILES string of the molecule is C[C@H](O)c1cc(Br)c2c(c1)OCCO2. The fourth-order valence-corrected chi connectivity index (χ4v) is 1.95. The molecule has 0 radical (unpaired) electrons. The normalized spacial score (nSPS) is 16.5. The van der Waals surface area contributed by atoms with E-state index in [1.54, 1.807) is 6.92 Å². The summed E-state index contributed by atoms with van der Waals surface area (Å²) in [4.78, 5) is 0. The van der Waals surface area contributed by atoms with Gasteiger partial charge in [-0.1, -0.05) is 0 Å². The van der Waals surface area contributed by atoms with Gasteiger partial charge in [-0.15, -0.1) is 0 Å². The van der Waals surface area contributed by atoms with Gasteiger partial charge in [0.25, 0.3) is 0 Å². The summed E-state index contributed by atoms with van der Waals surface area (Å²) in [7, 11) is 0. The average Bonchev–Trinajstić information content (AvgIpc) is 2.17. The third kappa shape index (κ3) is 1.72. The minimum atomic E-state index is -0.498. The molecule has 1 aliphatic heterocycles.